The van der Waals surface area contributed by atoms with E-state index in [1.54, 1.807) is 11.8 Å². The van der Waals surface area contributed by atoms with E-state index >= 15 is 0 Å². The second-order valence-electron chi connectivity index (χ2n) is 6.47. The summed E-state index contributed by atoms with van der Waals surface area (Å²) in [4.78, 5) is 25.8. The maximum Gasteiger partial charge on any atom is 0.409 e. The first kappa shape index (κ1) is 19.2. The number of rotatable bonds is 7. The van der Waals surface area contributed by atoms with Crippen LogP contribution in [0.5, 0.6) is 0 Å². The van der Waals surface area contributed by atoms with Gasteiger partial charge in [-0.15, -0.1) is 0 Å². The van der Waals surface area contributed by atoms with Gasteiger partial charge in [-0.2, -0.15) is 0 Å². The Morgan fingerprint density at radius 1 is 1.36 bits per heavy atom. The van der Waals surface area contributed by atoms with Crippen molar-refractivity contribution in [1.29, 1.82) is 0 Å². The summed E-state index contributed by atoms with van der Waals surface area (Å²) in [5.41, 5.74) is 1.14. The van der Waals surface area contributed by atoms with Gasteiger partial charge < -0.3 is 20.1 Å². The molecule has 1 aromatic carbocycles. The van der Waals surface area contributed by atoms with Crippen LogP contribution in [-0.2, 0) is 16.0 Å². The summed E-state index contributed by atoms with van der Waals surface area (Å²) in [6.07, 6.45) is 1.93. The van der Waals surface area contributed by atoms with Crippen molar-refractivity contribution in [2.24, 2.45) is 11.8 Å². The molecule has 0 radical (unpaired) electrons. The molecule has 1 heterocycles. The molecule has 0 saturated carbocycles. The quantitative estimate of drug-likeness (QED) is 0.788. The number of hydrogen-bond acceptors (Lipinski definition) is 4. The van der Waals surface area contributed by atoms with E-state index in [0.717, 1.165) is 24.8 Å². The summed E-state index contributed by atoms with van der Waals surface area (Å²) in [5, 5.41) is 12.5. The third-order valence-corrected chi connectivity index (χ3v) is 4.51. The minimum Gasteiger partial charge on any atom is -0.450 e. The molecule has 138 valence electrons. The first-order valence-electron chi connectivity index (χ1n) is 8.98. The lowest BCUT2D eigenvalue weighted by Crippen LogP contribution is -2.46. The van der Waals surface area contributed by atoms with Crippen LogP contribution in [0.1, 0.15) is 25.3 Å². The van der Waals surface area contributed by atoms with Crippen LogP contribution in [0, 0.1) is 11.8 Å². The zero-order valence-electron chi connectivity index (χ0n) is 14.8. The predicted octanol–water partition coefficient (Wildman–Crippen LogP) is 1.82. The molecule has 6 nitrogen and oxygen atoms in total. The van der Waals surface area contributed by atoms with E-state index in [2.05, 4.69) is 5.32 Å². The van der Waals surface area contributed by atoms with Crippen molar-refractivity contribution in [1.82, 2.24) is 10.2 Å². The first-order valence-corrected chi connectivity index (χ1v) is 8.98. The Morgan fingerprint density at radius 3 is 2.80 bits per heavy atom. The van der Waals surface area contributed by atoms with Gasteiger partial charge in [-0.1, -0.05) is 30.3 Å². The fourth-order valence-corrected chi connectivity index (χ4v) is 3.11. The SMILES string of the molecule is CCOC(=O)N1CCCC(C(=O)NCC(CO)Cc2ccccc2)C1. The van der Waals surface area contributed by atoms with Crippen LogP contribution in [0.2, 0.25) is 0 Å². The van der Waals surface area contributed by atoms with Crippen LogP contribution in [0.15, 0.2) is 30.3 Å². The molecule has 2 unspecified atom stereocenters. The van der Waals surface area contributed by atoms with Crippen molar-refractivity contribution < 1.29 is 19.4 Å². The topological polar surface area (TPSA) is 78.9 Å². The largest absolute Gasteiger partial charge is 0.450 e. The highest BCUT2D eigenvalue weighted by atomic mass is 16.6. The standard InChI is InChI=1S/C19H28N2O4/c1-2-25-19(24)21-10-6-9-17(13-21)18(23)20-12-16(14-22)11-15-7-4-3-5-8-15/h3-5,7-8,16-17,22H,2,6,9-14H2,1H3,(H,20,23). The average molecular weight is 348 g/mol. The third-order valence-electron chi connectivity index (χ3n) is 4.51. The average Bonchev–Trinajstić information content (AvgIpc) is 2.66. The molecule has 2 atom stereocenters. The number of amides is 2. The Balaban J connectivity index is 1.80. The second-order valence-corrected chi connectivity index (χ2v) is 6.47. The van der Waals surface area contributed by atoms with Crippen molar-refractivity contribution in [2.75, 3.05) is 32.8 Å². The van der Waals surface area contributed by atoms with E-state index in [1.807, 2.05) is 30.3 Å². The van der Waals surface area contributed by atoms with Crippen LogP contribution in [0.4, 0.5) is 4.79 Å². The first-order chi connectivity index (χ1) is 12.1. The molecule has 0 aromatic heterocycles. The van der Waals surface area contributed by atoms with Gasteiger partial charge in [0.15, 0.2) is 0 Å². The number of hydrogen-bond donors (Lipinski definition) is 2. The smallest absolute Gasteiger partial charge is 0.409 e. The number of carbonyl (C=O) groups excluding carboxylic acids is 2. The number of aliphatic hydroxyl groups is 1. The lowest BCUT2D eigenvalue weighted by Gasteiger charge is -2.31. The lowest BCUT2D eigenvalue weighted by molar-refractivity contribution is -0.126. The Hall–Kier alpha value is -2.08. The Morgan fingerprint density at radius 2 is 2.12 bits per heavy atom. The van der Waals surface area contributed by atoms with Crippen molar-refractivity contribution in [3.05, 3.63) is 35.9 Å². The third kappa shape index (κ3) is 6.05. The summed E-state index contributed by atoms with van der Waals surface area (Å²) in [6, 6.07) is 9.92. The van der Waals surface area contributed by atoms with Gasteiger partial charge in [-0.25, -0.2) is 4.79 Å². The fraction of sp³-hybridized carbons (Fsp3) is 0.579. The molecule has 1 saturated heterocycles. The maximum atomic E-state index is 12.4. The van der Waals surface area contributed by atoms with Gasteiger partial charge in [0.25, 0.3) is 0 Å². The highest BCUT2D eigenvalue weighted by Crippen LogP contribution is 2.18. The number of benzene rings is 1. The van der Waals surface area contributed by atoms with Gasteiger partial charge in [0.2, 0.25) is 5.91 Å². The molecule has 0 aliphatic carbocycles. The molecule has 1 aliphatic heterocycles. The molecule has 1 fully saturated rings. The molecule has 0 spiro atoms. The van der Waals surface area contributed by atoms with Gasteiger partial charge in [-0.3, -0.25) is 4.79 Å². The zero-order chi connectivity index (χ0) is 18.1. The van der Waals surface area contributed by atoms with E-state index < -0.39 is 0 Å². The summed E-state index contributed by atoms with van der Waals surface area (Å²) in [7, 11) is 0. The molecule has 6 heteroatoms. The van der Waals surface area contributed by atoms with Gasteiger partial charge >= 0.3 is 6.09 Å². The molecular weight excluding hydrogens is 320 g/mol. The van der Waals surface area contributed by atoms with Crippen molar-refractivity contribution in [3.8, 4) is 0 Å². The second kappa shape index (κ2) is 10.0. The monoisotopic (exact) mass is 348 g/mol. The van der Waals surface area contributed by atoms with E-state index in [9.17, 15) is 14.7 Å². The van der Waals surface area contributed by atoms with Crippen LogP contribution in [0.25, 0.3) is 0 Å². The number of likely N-dealkylation sites (tertiary alicyclic amines) is 1. The summed E-state index contributed by atoms with van der Waals surface area (Å²) < 4.78 is 5.01. The molecule has 0 bridgehead atoms. The van der Waals surface area contributed by atoms with Crippen molar-refractivity contribution >= 4 is 12.0 Å². The molecule has 2 rings (SSSR count). The molecule has 2 N–H and O–H groups in total. The van der Waals surface area contributed by atoms with Crippen LogP contribution < -0.4 is 5.32 Å². The number of piperidine rings is 1. The Labute approximate surface area is 149 Å². The molecule has 1 aromatic rings. The molecule has 1 aliphatic rings. The van der Waals surface area contributed by atoms with Gasteiger partial charge in [0.1, 0.15) is 0 Å². The minimum atomic E-state index is -0.350. The van der Waals surface area contributed by atoms with Gasteiger partial charge in [-0.05, 0) is 31.7 Å². The van der Waals surface area contributed by atoms with E-state index in [0.29, 0.717) is 26.2 Å². The highest BCUT2D eigenvalue weighted by molar-refractivity contribution is 5.80. The highest BCUT2D eigenvalue weighted by Gasteiger charge is 2.29. The van der Waals surface area contributed by atoms with E-state index in [4.69, 9.17) is 4.74 Å². The molecule has 25 heavy (non-hydrogen) atoms. The van der Waals surface area contributed by atoms with Crippen molar-refractivity contribution in [3.63, 3.8) is 0 Å². The van der Waals surface area contributed by atoms with E-state index in [1.165, 1.54) is 0 Å². The predicted molar refractivity (Wildman–Crippen MR) is 95.1 cm³/mol. The number of nitrogens with zero attached hydrogens (tertiary/aromatic N) is 1. The normalized spacial score (nSPS) is 18.5. The fourth-order valence-electron chi connectivity index (χ4n) is 3.11. The van der Waals surface area contributed by atoms with Gasteiger partial charge in [0.05, 0.1) is 12.5 Å². The number of nitrogens with one attached hydrogen (secondary N) is 1. The van der Waals surface area contributed by atoms with E-state index in [-0.39, 0.29) is 30.4 Å². The zero-order valence-corrected chi connectivity index (χ0v) is 14.8. The summed E-state index contributed by atoms with van der Waals surface area (Å²) >= 11 is 0. The summed E-state index contributed by atoms with van der Waals surface area (Å²) in [6.45, 7) is 3.59. The molecule has 2 amide bonds. The van der Waals surface area contributed by atoms with Gasteiger partial charge in [0, 0.05) is 32.2 Å². The summed E-state index contributed by atoms with van der Waals surface area (Å²) in [5.74, 6) is -0.286. The minimum absolute atomic E-state index is 0.0175. The van der Waals surface area contributed by atoms with Crippen LogP contribution in [-0.4, -0.2) is 54.9 Å². The Kier molecular flexibility index (Phi) is 7.73. The number of aliphatic hydroxyl groups excluding tert-OH is 1. The van der Waals surface area contributed by atoms with Crippen molar-refractivity contribution in [2.45, 2.75) is 26.2 Å². The number of ether oxygens (including phenoxy) is 1. The molecular formula is C19H28N2O4. The lowest BCUT2D eigenvalue weighted by atomic mass is 9.96. The number of carbonyl (C=O) groups is 2. The maximum absolute atomic E-state index is 12.4. The van der Waals surface area contributed by atoms with Crippen LogP contribution >= 0.6 is 0 Å². The van der Waals surface area contributed by atoms with Crippen LogP contribution in [0.3, 0.4) is 0 Å². The Bertz CT molecular complexity index is 550.